The summed E-state index contributed by atoms with van der Waals surface area (Å²) in [5.74, 6) is -2.38. The molecule has 3 nitrogen and oxygen atoms in total. The Labute approximate surface area is 104 Å². The summed E-state index contributed by atoms with van der Waals surface area (Å²) in [5.41, 5.74) is -6.52. The number of benzene rings is 1. The molecule has 0 aliphatic rings. The van der Waals surface area contributed by atoms with Gasteiger partial charge in [-0.2, -0.15) is 0 Å². The molecule has 93 valence electrons. The van der Waals surface area contributed by atoms with Crippen LogP contribution in [0.15, 0.2) is 12.1 Å². The van der Waals surface area contributed by atoms with Gasteiger partial charge in [-0.05, 0) is 0 Å². The molecule has 0 spiro atoms. The summed E-state index contributed by atoms with van der Waals surface area (Å²) < 4.78 is 83.8. The molecule has 10 heteroatoms. The van der Waals surface area contributed by atoms with Gasteiger partial charge in [0.15, 0.2) is 0 Å². The summed E-state index contributed by atoms with van der Waals surface area (Å²) in [6, 6.07) is 1.23. The Kier molecular flexibility index (Phi) is 3.85. The van der Waals surface area contributed by atoms with Gasteiger partial charge in [0.05, 0.1) is 0 Å². The Morgan fingerprint density at radius 3 is 2.18 bits per heavy atom. The van der Waals surface area contributed by atoms with Crippen LogP contribution in [-0.2, 0) is 30.5 Å². The fraction of sp³-hybridized carbons (Fsp3) is 0.143. The molecule has 1 aromatic rings. The molecule has 0 bridgehead atoms. The number of alkyl halides is 3. The van der Waals surface area contributed by atoms with Crippen molar-refractivity contribution in [3.8, 4) is 0 Å². The van der Waals surface area contributed by atoms with Gasteiger partial charge in [-0.1, -0.05) is 0 Å². The molecule has 0 atom stereocenters. The van der Waals surface area contributed by atoms with Gasteiger partial charge >= 0.3 is 104 Å². The Morgan fingerprint density at radius 2 is 1.71 bits per heavy atom. The molecule has 1 aromatic carbocycles. The van der Waals surface area contributed by atoms with E-state index in [0.717, 1.165) is 25.2 Å². The van der Waals surface area contributed by atoms with Crippen molar-refractivity contribution in [3.05, 3.63) is 23.8 Å². The van der Waals surface area contributed by atoms with Crippen LogP contribution in [0.1, 0.15) is 0 Å². The minimum absolute atomic E-state index is 0.570. The molecule has 1 rings (SSSR count). The van der Waals surface area contributed by atoms with Gasteiger partial charge in [0.2, 0.25) is 0 Å². The third-order valence-electron chi connectivity index (χ3n) is 1.64. The number of anilines is 1. The number of nitrogens with one attached hydrogen (secondary N) is 1. The van der Waals surface area contributed by atoms with E-state index in [9.17, 15) is 30.4 Å². The summed E-state index contributed by atoms with van der Waals surface area (Å²) in [6.07, 6.45) is 0. The predicted molar refractivity (Wildman–Crippen MR) is 44.6 cm³/mol. The van der Waals surface area contributed by atoms with Crippen LogP contribution in [0.4, 0.5) is 27.6 Å². The Balaban J connectivity index is 3.19. The van der Waals surface area contributed by atoms with E-state index in [-0.39, 0.29) is 0 Å². The van der Waals surface area contributed by atoms with Gasteiger partial charge in [-0.25, -0.2) is 0 Å². The zero-order valence-corrected chi connectivity index (χ0v) is 10.1. The number of hydrogen-bond donors (Lipinski definition) is 1. The van der Waals surface area contributed by atoms with Crippen LogP contribution in [0.3, 0.4) is 0 Å². The molecule has 0 saturated heterocycles. The maximum absolute atomic E-state index is 13.2. The standard InChI is InChI=1S/C7H3F5NO2S.Ti/c8-4-1-2-6(5(9)3-4)13-16(14,15)7(10,11)12;/h1-2,13H;. The molecule has 0 saturated carbocycles. The van der Waals surface area contributed by atoms with Gasteiger partial charge in [-0.15, -0.1) is 0 Å². The van der Waals surface area contributed by atoms with Gasteiger partial charge in [0.25, 0.3) is 0 Å². The van der Waals surface area contributed by atoms with E-state index in [2.05, 4.69) is 0 Å². The van der Waals surface area contributed by atoms with Crippen LogP contribution < -0.4 is 8.59 Å². The first kappa shape index (κ1) is 14.4. The molecule has 1 N–H and O–H groups in total. The predicted octanol–water partition coefficient (Wildman–Crippen LogP) is 1.40. The summed E-state index contributed by atoms with van der Waals surface area (Å²) in [5, 5.41) is 0. The van der Waals surface area contributed by atoms with Gasteiger partial charge in [-0.3, -0.25) is 0 Å². The fourth-order valence-electron chi connectivity index (χ4n) is 0.834. The molecule has 0 aliphatic heterocycles. The van der Waals surface area contributed by atoms with Crippen molar-refractivity contribution >= 4 is 19.6 Å². The Bertz CT molecular complexity index is 542. The van der Waals surface area contributed by atoms with E-state index in [4.69, 9.17) is 0 Å². The Morgan fingerprint density at radius 1 is 1.18 bits per heavy atom. The molecule has 0 aromatic heterocycles. The molecule has 0 aliphatic carbocycles. The summed E-state index contributed by atoms with van der Waals surface area (Å²) in [7, 11) is -5.72. The van der Waals surface area contributed by atoms with Crippen molar-refractivity contribution < 1.29 is 50.8 Å². The van der Waals surface area contributed by atoms with Crippen molar-refractivity contribution in [2.75, 3.05) is 4.72 Å². The molecule has 0 fully saturated rings. The second-order valence-electron chi connectivity index (χ2n) is 2.84. The third kappa shape index (κ3) is 2.96. The second kappa shape index (κ2) is 4.54. The summed E-state index contributed by atoms with van der Waals surface area (Å²) >= 11 is 0.968. The molecule has 0 unspecified atom stereocenters. The van der Waals surface area contributed by atoms with Gasteiger partial charge < -0.3 is 0 Å². The van der Waals surface area contributed by atoms with Crippen molar-refractivity contribution in [3.63, 3.8) is 0 Å². The zero-order chi connectivity index (χ0) is 13.4. The average Bonchev–Trinajstić information content (AvgIpc) is 2.17. The van der Waals surface area contributed by atoms with Gasteiger partial charge in [0, 0.05) is 0 Å². The van der Waals surface area contributed by atoms with E-state index in [1.807, 2.05) is 0 Å². The molecule has 0 radical (unpaired) electrons. The summed E-state index contributed by atoms with van der Waals surface area (Å²) in [6.45, 7) is 0. The monoisotopic (exact) mass is 308 g/mol. The normalized spacial score (nSPS) is 12.5. The fourth-order valence-corrected chi connectivity index (χ4v) is 1.74. The molecule has 0 heterocycles. The number of halogens is 5. The number of hydrogen-bond acceptors (Lipinski definition) is 2. The van der Waals surface area contributed by atoms with Crippen LogP contribution in [-0.4, -0.2) is 13.9 Å². The van der Waals surface area contributed by atoms with Crippen LogP contribution in [0.25, 0.3) is 0 Å². The van der Waals surface area contributed by atoms with Crippen LogP contribution >= 0.6 is 0 Å². The molecular weight excluding hydrogens is 305 g/mol. The van der Waals surface area contributed by atoms with E-state index >= 15 is 0 Å². The van der Waals surface area contributed by atoms with Crippen molar-refractivity contribution in [1.82, 2.24) is 0 Å². The van der Waals surface area contributed by atoms with E-state index in [1.165, 1.54) is 0 Å². The first-order valence-electron chi connectivity index (χ1n) is 3.85. The van der Waals surface area contributed by atoms with Crippen molar-refractivity contribution in [2.24, 2.45) is 0 Å². The van der Waals surface area contributed by atoms with Gasteiger partial charge in [0.1, 0.15) is 0 Å². The van der Waals surface area contributed by atoms with Crippen LogP contribution in [0, 0.1) is 11.6 Å². The molecule has 17 heavy (non-hydrogen) atoms. The zero-order valence-electron chi connectivity index (χ0n) is 7.77. The van der Waals surface area contributed by atoms with E-state index in [1.54, 1.807) is 0 Å². The number of rotatable bonds is 2. The molecular formula is C7H3F5NO2STi. The quantitative estimate of drug-likeness (QED) is 0.663. The van der Waals surface area contributed by atoms with E-state index < -0.39 is 36.7 Å². The first-order chi connectivity index (χ1) is 7.56. The topological polar surface area (TPSA) is 46.2 Å². The van der Waals surface area contributed by atoms with Crippen molar-refractivity contribution in [1.29, 1.82) is 0 Å². The SMILES string of the molecule is O=S(=O)(Nc1ccc(F)[c]([Ti])c1F)C(F)(F)F. The van der Waals surface area contributed by atoms with E-state index in [0.29, 0.717) is 12.1 Å². The Hall–Kier alpha value is -0.666. The minimum atomic E-state index is -5.72. The first-order valence-corrected chi connectivity index (χ1v) is 6.11. The average molecular weight is 308 g/mol. The number of sulfonamides is 1. The second-order valence-corrected chi connectivity index (χ2v) is 5.29. The third-order valence-corrected chi connectivity index (χ3v) is 3.45. The van der Waals surface area contributed by atoms with Crippen LogP contribution in [0.5, 0.6) is 0 Å². The molecule has 0 amide bonds. The van der Waals surface area contributed by atoms with Crippen molar-refractivity contribution in [2.45, 2.75) is 5.51 Å². The maximum atomic E-state index is 13.2. The summed E-state index contributed by atoms with van der Waals surface area (Å²) in [4.78, 5) is 0. The van der Waals surface area contributed by atoms with Crippen LogP contribution in [0.2, 0.25) is 0 Å².